The van der Waals surface area contributed by atoms with E-state index in [0.29, 0.717) is 12.5 Å². The van der Waals surface area contributed by atoms with Crippen LogP contribution in [0, 0.1) is 11.8 Å². The summed E-state index contributed by atoms with van der Waals surface area (Å²) >= 11 is 0. The van der Waals surface area contributed by atoms with Crippen molar-refractivity contribution in [2.24, 2.45) is 11.8 Å². The van der Waals surface area contributed by atoms with E-state index in [9.17, 15) is 4.79 Å². The summed E-state index contributed by atoms with van der Waals surface area (Å²) in [4.78, 5) is 12.3. The molecule has 1 amide bonds. The smallest absolute Gasteiger partial charge is 0.223 e. The fourth-order valence-corrected chi connectivity index (χ4v) is 2.95. The summed E-state index contributed by atoms with van der Waals surface area (Å²) < 4.78 is 5.48. The minimum absolute atomic E-state index is 0.0132. The maximum absolute atomic E-state index is 12.3. The predicted molar refractivity (Wildman–Crippen MR) is 82.0 cm³/mol. The number of aliphatic hydroxyl groups is 1. The van der Waals surface area contributed by atoms with E-state index in [2.05, 4.69) is 12.2 Å². The van der Waals surface area contributed by atoms with Crippen LogP contribution >= 0.6 is 0 Å². The van der Waals surface area contributed by atoms with Crippen molar-refractivity contribution in [2.45, 2.75) is 39.2 Å². The van der Waals surface area contributed by atoms with E-state index in [0.717, 1.165) is 30.6 Å². The van der Waals surface area contributed by atoms with Crippen LogP contribution < -0.4 is 10.1 Å². The minimum atomic E-state index is -0.0132. The summed E-state index contributed by atoms with van der Waals surface area (Å²) in [6.07, 6.45) is 4.38. The van der Waals surface area contributed by atoms with Gasteiger partial charge in [-0.3, -0.25) is 4.79 Å². The fraction of sp³-hybridized carbons (Fsp3) is 0.588. The molecule has 116 valence electrons. The standard InChI is InChI=1S/C17H25NO3/c1-13-5-4-7-14(11-13)17(20)18-12-15-6-2-3-8-16(15)21-10-9-19/h2-3,6,8,13-14,19H,4-5,7,9-12H2,1H3,(H,18,20). The van der Waals surface area contributed by atoms with Gasteiger partial charge in [-0.15, -0.1) is 0 Å². The number of aliphatic hydroxyl groups excluding tert-OH is 1. The molecule has 0 aromatic heterocycles. The number of ether oxygens (including phenoxy) is 1. The SMILES string of the molecule is CC1CCCC(C(=O)NCc2ccccc2OCCO)C1. The Morgan fingerprint density at radius 3 is 2.95 bits per heavy atom. The molecule has 1 aromatic carbocycles. The second-order valence-corrected chi connectivity index (χ2v) is 5.87. The monoisotopic (exact) mass is 291 g/mol. The number of hydrogen-bond donors (Lipinski definition) is 2. The zero-order valence-corrected chi connectivity index (χ0v) is 12.7. The number of nitrogens with one attached hydrogen (secondary N) is 1. The highest BCUT2D eigenvalue weighted by molar-refractivity contribution is 5.78. The Labute approximate surface area is 126 Å². The normalized spacial score (nSPS) is 21.8. The minimum Gasteiger partial charge on any atom is -0.491 e. The van der Waals surface area contributed by atoms with E-state index in [1.807, 2.05) is 24.3 Å². The first-order valence-corrected chi connectivity index (χ1v) is 7.80. The number of para-hydroxylation sites is 1. The molecule has 2 atom stereocenters. The molecule has 4 heteroatoms. The van der Waals surface area contributed by atoms with Crippen molar-refractivity contribution >= 4 is 5.91 Å². The van der Waals surface area contributed by atoms with Crippen LogP contribution in [0.15, 0.2) is 24.3 Å². The third-order valence-corrected chi connectivity index (χ3v) is 4.08. The number of carbonyl (C=O) groups is 1. The lowest BCUT2D eigenvalue weighted by Gasteiger charge is -2.25. The van der Waals surface area contributed by atoms with Gasteiger partial charge in [0, 0.05) is 18.0 Å². The number of benzene rings is 1. The highest BCUT2D eigenvalue weighted by atomic mass is 16.5. The number of amides is 1. The molecule has 2 unspecified atom stereocenters. The highest BCUT2D eigenvalue weighted by Crippen LogP contribution is 2.28. The van der Waals surface area contributed by atoms with E-state index in [4.69, 9.17) is 9.84 Å². The molecule has 1 aromatic rings. The maximum Gasteiger partial charge on any atom is 0.223 e. The molecule has 1 aliphatic carbocycles. The Morgan fingerprint density at radius 2 is 2.19 bits per heavy atom. The highest BCUT2D eigenvalue weighted by Gasteiger charge is 2.24. The van der Waals surface area contributed by atoms with E-state index >= 15 is 0 Å². The first-order chi connectivity index (χ1) is 10.2. The summed E-state index contributed by atoms with van der Waals surface area (Å²) in [7, 11) is 0. The molecule has 2 rings (SSSR count). The number of rotatable bonds is 6. The molecule has 0 saturated heterocycles. The molecule has 1 fully saturated rings. The van der Waals surface area contributed by atoms with Crippen LogP contribution in [-0.4, -0.2) is 24.2 Å². The lowest BCUT2D eigenvalue weighted by atomic mass is 9.82. The Bertz CT molecular complexity index is 461. The zero-order valence-electron chi connectivity index (χ0n) is 12.7. The van der Waals surface area contributed by atoms with Crippen LogP contribution in [0.5, 0.6) is 5.75 Å². The summed E-state index contributed by atoms with van der Waals surface area (Å²) in [6, 6.07) is 7.62. The molecular weight excluding hydrogens is 266 g/mol. The van der Waals surface area contributed by atoms with Crippen LogP contribution in [0.2, 0.25) is 0 Å². The molecule has 1 aliphatic rings. The Balaban J connectivity index is 1.88. The van der Waals surface area contributed by atoms with E-state index < -0.39 is 0 Å². The Morgan fingerprint density at radius 1 is 1.38 bits per heavy atom. The van der Waals surface area contributed by atoms with Gasteiger partial charge < -0.3 is 15.2 Å². The van der Waals surface area contributed by atoms with Gasteiger partial charge in [-0.05, 0) is 24.8 Å². The summed E-state index contributed by atoms with van der Waals surface area (Å²) in [5, 5.41) is 11.9. The van der Waals surface area contributed by atoms with Gasteiger partial charge in [0.15, 0.2) is 0 Å². The molecular formula is C17H25NO3. The number of hydrogen-bond acceptors (Lipinski definition) is 3. The number of carbonyl (C=O) groups excluding carboxylic acids is 1. The molecule has 2 N–H and O–H groups in total. The van der Waals surface area contributed by atoms with Gasteiger partial charge in [-0.1, -0.05) is 38.0 Å². The first kappa shape index (κ1) is 15.8. The molecule has 1 saturated carbocycles. The Hall–Kier alpha value is -1.55. The predicted octanol–water partition coefficient (Wildman–Crippen LogP) is 2.50. The first-order valence-electron chi connectivity index (χ1n) is 7.80. The lowest BCUT2D eigenvalue weighted by Crippen LogP contribution is -2.33. The molecule has 0 heterocycles. The average Bonchev–Trinajstić information content (AvgIpc) is 2.51. The summed E-state index contributed by atoms with van der Waals surface area (Å²) in [6.45, 7) is 2.95. The molecule has 0 aliphatic heterocycles. The van der Waals surface area contributed by atoms with Crippen molar-refractivity contribution < 1.29 is 14.6 Å². The van der Waals surface area contributed by atoms with Gasteiger partial charge in [-0.25, -0.2) is 0 Å². The van der Waals surface area contributed by atoms with Crippen LogP contribution in [0.25, 0.3) is 0 Å². The van der Waals surface area contributed by atoms with Crippen LogP contribution in [-0.2, 0) is 11.3 Å². The van der Waals surface area contributed by atoms with Gasteiger partial charge >= 0.3 is 0 Å². The van der Waals surface area contributed by atoms with Crippen molar-refractivity contribution in [3.8, 4) is 5.75 Å². The molecule has 0 radical (unpaired) electrons. The molecule has 4 nitrogen and oxygen atoms in total. The third-order valence-electron chi connectivity index (χ3n) is 4.08. The largest absolute Gasteiger partial charge is 0.491 e. The second kappa shape index (κ2) is 8.03. The molecule has 0 bridgehead atoms. The average molecular weight is 291 g/mol. The molecule has 0 spiro atoms. The van der Waals surface area contributed by atoms with Crippen LogP contribution in [0.1, 0.15) is 38.2 Å². The summed E-state index contributed by atoms with van der Waals surface area (Å²) in [5.41, 5.74) is 0.947. The topological polar surface area (TPSA) is 58.6 Å². The van der Waals surface area contributed by atoms with Crippen molar-refractivity contribution in [1.82, 2.24) is 5.32 Å². The van der Waals surface area contributed by atoms with Crippen molar-refractivity contribution in [2.75, 3.05) is 13.2 Å². The van der Waals surface area contributed by atoms with Gasteiger partial charge in [0.2, 0.25) is 5.91 Å². The third kappa shape index (κ3) is 4.74. The van der Waals surface area contributed by atoms with E-state index in [1.54, 1.807) is 0 Å². The van der Waals surface area contributed by atoms with Gasteiger partial charge in [0.05, 0.1) is 6.61 Å². The van der Waals surface area contributed by atoms with Crippen molar-refractivity contribution in [1.29, 1.82) is 0 Å². The Kier molecular flexibility index (Phi) is 6.05. The fourth-order valence-electron chi connectivity index (χ4n) is 2.95. The van der Waals surface area contributed by atoms with Crippen LogP contribution in [0.4, 0.5) is 0 Å². The second-order valence-electron chi connectivity index (χ2n) is 5.87. The van der Waals surface area contributed by atoms with Crippen LogP contribution in [0.3, 0.4) is 0 Å². The van der Waals surface area contributed by atoms with Gasteiger partial charge in [0.1, 0.15) is 12.4 Å². The van der Waals surface area contributed by atoms with E-state index in [-0.39, 0.29) is 25.0 Å². The zero-order chi connectivity index (χ0) is 15.1. The van der Waals surface area contributed by atoms with E-state index in [1.165, 1.54) is 6.42 Å². The van der Waals surface area contributed by atoms with Crippen molar-refractivity contribution in [3.63, 3.8) is 0 Å². The van der Waals surface area contributed by atoms with Gasteiger partial charge in [-0.2, -0.15) is 0 Å². The molecule has 21 heavy (non-hydrogen) atoms. The van der Waals surface area contributed by atoms with Gasteiger partial charge in [0.25, 0.3) is 0 Å². The summed E-state index contributed by atoms with van der Waals surface area (Å²) in [5.74, 6) is 1.68. The quantitative estimate of drug-likeness (QED) is 0.846. The van der Waals surface area contributed by atoms with Crippen molar-refractivity contribution in [3.05, 3.63) is 29.8 Å². The maximum atomic E-state index is 12.3. The lowest BCUT2D eigenvalue weighted by molar-refractivity contribution is -0.126.